The Morgan fingerprint density at radius 1 is 0.905 bits per heavy atom. The molecule has 5 nitrogen and oxygen atoms in total. The van der Waals surface area contributed by atoms with Crippen LogP contribution in [0.25, 0.3) is 23.5 Å². The maximum Gasteiger partial charge on any atom is 0.241 e. The fourth-order valence-electron chi connectivity index (χ4n) is 1.79. The van der Waals surface area contributed by atoms with Gasteiger partial charge in [0.2, 0.25) is 11.8 Å². The second-order valence-electron chi connectivity index (χ2n) is 4.26. The van der Waals surface area contributed by atoms with E-state index in [0.717, 1.165) is 11.1 Å². The van der Waals surface area contributed by atoms with E-state index in [1.54, 1.807) is 18.2 Å². The first-order valence-corrected chi connectivity index (χ1v) is 6.20. The standard InChI is InChI=1S/C16H14N2O3/c17-15(19)9-5-11-3-1-2-4-13(11)14-8-6-12(21-14)7-10-16(18)20/h1-10H,(H2,17,19)(H2,18,20)/b9-5-,10-7-. The number of nitrogens with two attached hydrogens (primary N) is 2. The van der Waals surface area contributed by atoms with Gasteiger partial charge in [0.05, 0.1) is 0 Å². The number of carbonyl (C=O) groups is 2. The monoisotopic (exact) mass is 282 g/mol. The van der Waals surface area contributed by atoms with Crippen molar-refractivity contribution in [1.29, 1.82) is 0 Å². The molecule has 5 heteroatoms. The van der Waals surface area contributed by atoms with Gasteiger partial charge in [-0.2, -0.15) is 0 Å². The SMILES string of the molecule is NC(=O)/C=C\c1ccc(-c2ccccc2/C=C\C(N)=O)o1. The first-order valence-electron chi connectivity index (χ1n) is 6.20. The van der Waals surface area contributed by atoms with Gasteiger partial charge in [0.15, 0.2) is 0 Å². The molecule has 0 aliphatic carbocycles. The Morgan fingerprint density at radius 3 is 2.29 bits per heavy atom. The molecule has 2 aromatic rings. The van der Waals surface area contributed by atoms with Crippen LogP contribution in [0.15, 0.2) is 53.0 Å². The normalized spacial score (nSPS) is 11.2. The van der Waals surface area contributed by atoms with Crippen LogP contribution >= 0.6 is 0 Å². The lowest BCUT2D eigenvalue weighted by Gasteiger charge is -2.02. The van der Waals surface area contributed by atoms with Crippen LogP contribution < -0.4 is 11.5 Å². The number of hydrogen-bond acceptors (Lipinski definition) is 3. The minimum absolute atomic E-state index is 0.512. The van der Waals surface area contributed by atoms with E-state index in [4.69, 9.17) is 15.9 Å². The van der Waals surface area contributed by atoms with Crippen LogP contribution in [0, 0.1) is 0 Å². The predicted molar refractivity (Wildman–Crippen MR) is 80.6 cm³/mol. The van der Waals surface area contributed by atoms with Gasteiger partial charge >= 0.3 is 0 Å². The van der Waals surface area contributed by atoms with Crippen LogP contribution in [0.4, 0.5) is 0 Å². The lowest BCUT2D eigenvalue weighted by Crippen LogP contribution is -2.05. The Balaban J connectivity index is 2.34. The Kier molecular flexibility index (Phi) is 4.36. The van der Waals surface area contributed by atoms with Crippen LogP contribution in [-0.4, -0.2) is 11.8 Å². The number of rotatable bonds is 5. The molecule has 0 radical (unpaired) electrons. The van der Waals surface area contributed by atoms with E-state index in [9.17, 15) is 9.59 Å². The molecule has 2 rings (SSSR count). The van der Waals surface area contributed by atoms with E-state index < -0.39 is 11.8 Å². The topological polar surface area (TPSA) is 99.3 Å². The van der Waals surface area contributed by atoms with Crippen LogP contribution in [0.3, 0.4) is 0 Å². The largest absolute Gasteiger partial charge is 0.457 e. The van der Waals surface area contributed by atoms with E-state index in [1.165, 1.54) is 18.2 Å². The predicted octanol–water partition coefficient (Wildman–Crippen LogP) is 1.94. The van der Waals surface area contributed by atoms with Gasteiger partial charge in [-0.3, -0.25) is 9.59 Å². The lowest BCUT2D eigenvalue weighted by atomic mass is 10.0. The fourth-order valence-corrected chi connectivity index (χ4v) is 1.79. The summed E-state index contributed by atoms with van der Waals surface area (Å²) in [7, 11) is 0. The lowest BCUT2D eigenvalue weighted by molar-refractivity contribution is -0.114. The molecule has 0 unspecified atom stereocenters. The molecular formula is C16H14N2O3. The van der Waals surface area contributed by atoms with Gasteiger partial charge < -0.3 is 15.9 Å². The molecule has 2 amide bonds. The summed E-state index contributed by atoms with van der Waals surface area (Å²) >= 11 is 0. The maximum atomic E-state index is 10.8. The van der Waals surface area contributed by atoms with E-state index in [1.807, 2.05) is 24.3 Å². The molecule has 0 aliphatic rings. The highest BCUT2D eigenvalue weighted by atomic mass is 16.3. The first-order chi connectivity index (χ1) is 10.1. The molecule has 0 atom stereocenters. The molecule has 0 fully saturated rings. The van der Waals surface area contributed by atoms with Gasteiger partial charge in [0, 0.05) is 17.7 Å². The van der Waals surface area contributed by atoms with Crippen molar-refractivity contribution in [3.05, 3.63) is 59.9 Å². The Bertz CT molecular complexity index is 727. The molecule has 0 saturated carbocycles. The van der Waals surface area contributed by atoms with Gasteiger partial charge in [0.25, 0.3) is 0 Å². The van der Waals surface area contributed by atoms with Gasteiger partial charge in [-0.15, -0.1) is 0 Å². The quantitative estimate of drug-likeness (QED) is 0.820. The number of benzene rings is 1. The van der Waals surface area contributed by atoms with Crippen molar-refractivity contribution in [1.82, 2.24) is 0 Å². The zero-order chi connectivity index (χ0) is 15.2. The van der Waals surface area contributed by atoms with Crippen molar-refractivity contribution in [2.45, 2.75) is 0 Å². The Hall–Kier alpha value is -3.08. The highest BCUT2D eigenvalue weighted by Crippen LogP contribution is 2.27. The van der Waals surface area contributed by atoms with Crippen molar-refractivity contribution in [3.8, 4) is 11.3 Å². The van der Waals surface area contributed by atoms with Crippen LogP contribution in [0.5, 0.6) is 0 Å². The smallest absolute Gasteiger partial charge is 0.241 e. The molecule has 0 aliphatic heterocycles. The summed E-state index contributed by atoms with van der Waals surface area (Å²) in [5, 5.41) is 0. The molecule has 0 bridgehead atoms. The summed E-state index contributed by atoms with van der Waals surface area (Å²) in [6.45, 7) is 0. The second kappa shape index (κ2) is 6.38. The molecule has 106 valence electrons. The number of primary amides is 2. The number of furan rings is 1. The van der Waals surface area contributed by atoms with E-state index >= 15 is 0 Å². The highest BCUT2D eigenvalue weighted by molar-refractivity contribution is 5.92. The number of hydrogen-bond donors (Lipinski definition) is 2. The van der Waals surface area contributed by atoms with Crippen molar-refractivity contribution in [2.75, 3.05) is 0 Å². The maximum absolute atomic E-state index is 10.8. The summed E-state index contributed by atoms with van der Waals surface area (Å²) in [5.74, 6) is 0.0633. The van der Waals surface area contributed by atoms with Crippen molar-refractivity contribution >= 4 is 24.0 Å². The molecule has 4 N–H and O–H groups in total. The Labute approximate surface area is 121 Å². The van der Waals surface area contributed by atoms with E-state index in [2.05, 4.69) is 0 Å². The molecule has 1 aromatic carbocycles. The van der Waals surface area contributed by atoms with Gasteiger partial charge in [-0.1, -0.05) is 24.3 Å². The van der Waals surface area contributed by atoms with Crippen molar-refractivity contribution < 1.29 is 14.0 Å². The van der Waals surface area contributed by atoms with Crippen molar-refractivity contribution in [3.63, 3.8) is 0 Å². The van der Waals surface area contributed by atoms with Gasteiger partial charge in [-0.25, -0.2) is 0 Å². The second-order valence-corrected chi connectivity index (χ2v) is 4.26. The summed E-state index contributed by atoms with van der Waals surface area (Å²) in [6, 6.07) is 10.9. The van der Waals surface area contributed by atoms with E-state index in [-0.39, 0.29) is 0 Å². The molecule has 1 heterocycles. The van der Waals surface area contributed by atoms with Crippen LogP contribution in [0.1, 0.15) is 11.3 Å². The van der Waals surface area contributed by atoms with E-state index in [0.29, 0.717) is 11.5 Å². The first kappa shape index (κ1) is 14.3. The minimum Gasteiger partial charge on any atom is -0.457 e. The summed E-state index contributed by atoms with van der Waals surface area (Å²) in [4.78, 5) is 21.5. The molecule has 1 aromatic heterocycles. The zero-order valence-corrected chi connectivity index (χ0v) is 11.2. The highest BCUT2D eigenvalue weighted by Gasteiger charge is 2.07. The van der Waals surface area contributed by atoms with Gasteiger partial charge in [0.1, 0.15) is 11.5 Å². The minimum atomic E-state index is -0.544. The average molecular weight is 282 g/mol. The number of carbonyl (C=O) groups excluding carboxylic acids is 2. The van der Waals surface area contributed by atoms with Gasteiger partial charge in [-0.05, 0) is 29.8 Å². The summed E-state index contributed by atoms with van der Waals surface area (Å²) in [6.07, 6.45) is 5.63. The third-order valence-electron chi connectivity index (χ3n) is 2.69. The summed E-state index contributed by atoms with van der Waals surface area (Å²) < 4.78 is 5.62. The third kappa shape index (κ3) is 3.94. The fraction of sp³-hybridized carbons (Fsp3) is 0. The average Bonchev–Trinajstić information content (AvgIpc) is 2.92. The zero-order valence-electron chi connectivity index (χ0n) is 11.2. The van der Waals surface area contributed by atoms with Crippen LogP contribution in [0.2, 0.25) is 0 Å². The molecule has 0 saturated heterocycles. The van der Waals surface area contributed by atoms with Crippen LogP contribution in [-0.2, 0) is 9.59 Å². The molecule has 0 spiro atoms. The molecular weight excluding hydrogens is 268 g/mol. The number of amides is 2. The Morgan fingerprint density at radius 2 is 1.57 bits per heavy atom. The third-order valence-corrected chi connectivity index (χ3v) is 2.69. The summed E-state index contributed by atoms with van der Waals surface area (Å²) in [5.41, 5.74) is 11.7. The van der Waals surface area contributed by atoms with Crippen molar-refractivity contribution in [2.24, 2.45) is 11.5 Å². The molecule has 21 heavy (non-hydrogen) atoms.